The minimum absolute atomic E-state index is 0.119. The molecule has 0 N–H and O–H groups in total. The van der Waals surface area contributed by atoms with Gasteiger partial charge in [0.25, 0.3) is 0 Å². The highest BCUT2D eigenvalue weighted by atomic mass is 16.5. The summed E-state index contributed by atoms with van der Waals surface area (Å²) in [5.74, 6) is 0.189. The van der Waals surface area contributed by atoms with E-state index in [1.165, 1.54) is 19.8 Å². The molecule has 1 saturated carbocycles. The monoisotopic (exact) mass is 321 g/mol. The van der Waals surface area contributed by atoms with E-state index in [0.29, 0.717) is 34.0 Å². The van der Waals surface area contributed by atoms with E-state index in [4.69, 9.17) is 4.74 Å². The zero-order valence-electron chi connectivity index (χ0n) is 13.1. The van der Waals surface area contributed by atoms with Crippen LogP contribution in [0, 0.1) is 0 Å². The largest absolute Gasteiger partial charge is 0.459 e. The van der Waals surface area contributed by atoms with Crippen molar-refractivity contribution < 1.29 is 9.53 Å². The molecule has 4 rings (SSSR count). The molecule has 0 saturated heterocycles. The average molecular weight is 321 g/mol. The number of aromatic nitrogens is 5. The zero-order chi connectivity index (χ0) is 16.5. The first-order valence-electron chi connectivity index (χ1n) is 7.76. The van der Waals surface area contributed by atoms with Gasteiger partial charge in [-0.05, 0) is 18.9 Å². The van der Waals surface area contributed by atoms with Crippen molar-refractivity contribution >= 4 is 17.0 Å². The van der Waals surface area contributed by atoms with E-state index in [1.807, 2.05) is 6.20 Å². The van der Waals surface area contributed by atoms with E-state index in [1.54, 1.807) is 24.7 Å². The van der Waals surface area contributed by atoms with Gasteiger partial charge in [-0.2, -0.15) is 0 Å². The summed E-state index contributed by atoms with van der Waals surface area (Å²) >= 11 is 0. The van der Waals surface area contributed by atoms with Gasteiger partial charge in [0.15, 0.2) is 0 Å². The van der Waals surface area contributed by atoms with Crippen molar-refractivity contribution in [1.29, 1.82) is 0 Å². The molecule has 0 aromatic carbocycles. The van der Waals surface area contributed by atoms with Crippen molar-refractivity contribution in [2.24, 2.45) is 0 Å². The van der Waals surface area contributed by atoms with Crippen LogP contribution in [-0.4, -0.2) is 30.9 Å². The molecule has 24 heavy (non-hydrogen) atoms. The Kier molecular flexibility index (Phi) is 3.60. The van der Waals surface area contributed by atoms with Crippen molar-refractivity contribution in [2.45, 2.75) is 32.3 Å². The van der Waals surface area contributed by atoms with E-state index in [9.17, 15) is 4.79 Å². The van der Waals surface area contributed by atoms with Crippen LogP contribution < -0.4 is 0 Å². The summed E-state index contributed by atoms with van der Waals surface area (Å²) < 4.78 is 4.97. The van der Waals surface area contributed by atoms with Crippen molar-refractivity contribution in [3.05, 3.63) is 42.2 Å². The number of pyridine rings is 1. The maximum absolute atomic E-state index is 10.9. The lowest BCUT2D eigenvalue weighted by atomic mass is 10.2. The van der Waals surface area contributed by atoms with Crippen LogP contribution in [0.1, 0.15) is 37.1 Å². The fourth-order valence-electron chi connectivity index (χ4n) is 2.42. The average Bonchev–Trinajstić information content (AvgIpc) is 3.44. The number of rotatable bonds is 4. The van der Waals surface area contributed by atoms with Gasteiger partial charge in [-0.1, -0.05) is 0 Å². The maximum Gasteiger partial charge on any atom is 0.303 e. The summed E-state index contributed by atoms with van der Waals surface area (Å²) in [5, 5.41) is 0. The molecule has 1 aliphatic rings. The van der Waals surface area contributed by atoms with Crippen LogP contribution >= 0.6 is 0 Å². The SMILES string of the molecule is CC(=O)OCc1cc2nc(-c3cncc(C4CC4)n3)cnc2cn1. The molecule has 3 heterocycles. The third-order valence-corrected chi connectivity index (χ3v) is 3.82. The number of fused-ring (bicyclic) bond motifs is 1. The highest BCUT2D eigenvalue weighted by molar-refractivity contribution is 5.76. The van der Waals surface area contributed by atoms with Gasteiger partial charge >= 0.3 is 5.97 Å². The summed E-state index contributed by atoms with van der Waals surface area (Å²) in [5.41, 5.74) is 4.39. The lowest BCUT2D eigenvalue weighted by Crippen LogP contribution is -2.01. The lowest BCUT2D eigenvalue weighted by Gasteiger charge is -2.05. The highest BCUT2D eigenvalue weighted by Crippen LogP contribution is 2.39. The Morgan fingerprint density at radius 3 is 2.71 bits per heavy atom. The normalized spacial score (nSPS) is 13.9. The Morgan fingerprint density at radius 2 is 1.92 bits per heavy atom. The molecule has 7 heteroatoms. The number of carbonyl (C=O) groups is 1. The van der Waals surface area contributed by atoms with Crippen LogP contribution in [0.5, 0.6) is 0 Å². The van der Waals surface area contributed by atoms with Gasteiger partial charge in [0.1, 0.15) is 23.5 Å². The van der Waals surface area contributed by atoms with Crippen LogP contribution in [0.4, 0.5) is 0 Å². The molecule has 3 aromatic rings. The predicted octanol–water partition coefficient (Wildman–Crippen LogP) is 2.42. The molecule has 0 aliphatic heterocycles. The number of carbonyl (C=O) groups excluding carboxylic acids is 1. The molecule has 7 nitrogen and oxygen atoms in total. The molecule has 3 aromatic heterocycles. The summed E-state index contributed by atoms with van der Waals surface area (Å²) in [7, 11) is 0. The number of ether oxygens (including phenoxy) is 1. The minimum atomic E-state index is -0.344. The molecule has 0 spiro atoms. The molecule has 0 amide bonds. The number of hydrogen-bond acceptors (Lipinski definition) is 7. The smallest absolute Gasteiger partial charge is 0.303 e. The quantitative estimate of drug-likeness (QED) is 0.681. The van der Waals surface area contributed by atoms with E-state index >= 15 is 0 Å². The van der Waals surface area contributed by atoms with Gasteiger partial charge in [-0.3, -0.25) is 19.7 Å². The second-order valence-corrected chi connectivity index (χ2v) is 5.80. The Labute approximate surface area is 138 Å². The molecule has 120 valence electrons. The molecular weight excluding hydrogens is 306 g/mol. The first-order valence-corrected chi connectivity index (χ1v) is 7.76. The Hall–Kier alpha value is -2.96. The fraction of sp³-hybridized carbons (Fsp3) is 0.294. The first-order chi connectivity index (χ1) is 11.7. The van der Waals surface area contributed by atoms with E-state index in [0.717, 1.165) is 5.69 Å². The highest BCUT2D eigenvalue weighted by Gasteiger charge is 2.25. The van der Waals surface area contributed by atoms with Crippen molar-refractivity contribution in [2.75, 3.05) is 0 Å². The third kappa shape index (κ3) is 3.05. The summed E-state index contributed by atoms with van der Waals surface area (Å²) in [6.45, 7) is 1.48. The number of esters is 1. The standard InChI is InChI=1S/C17H15N5O2/c1-10(23)24-9-12-4-13-15(7-19-12)20-8-17(21-13)16-6-18-5-14(22-16)11-2-3-11/h4-8,11H,2-3,9H2,1H3. The third-order valence-electron chi connectivity index (χ3n) is 3.82. The Bertz CT molecular complexity index is 924. The van der Waals surface area contributed by atoms with Crippen molar-refractivity contribution in [1.82, 2.24) is 24.9 Å². The summed E-state index contributed by atoms with van der Waals surface area (Å²) in [6.07, 6.45) is 9.16. The molecule has 0 bridgehead atoms. The Morgan fingerprint density at radius 1 is 1.08 bits per heavy atom. The lowest BCUT2D eigenvalue weighted by molar-refractivity contribution is -0.142. The van der Waals surface area contributed by atoms with E-state index < -0.39 is 0 Å². The predicted molar refractivity (Wildman–Crippen MR) is 85.8 cm³/mol. The minimum Gasteiger partial charge on any atom is -0.459 e. The van der Waals surface area contributed by atoms with Gasteiger partial charge < -0.3 is 4.74 Å². The van der Waals surface area contributed by atoms with Crippen LogP contribution in [-0.2, 0) is 16.1 Å². The van der Waals surface area contributed by atoms with Crippen LogP contribution in [0.3, 0.4) is 0 Å². The molecule has 0 atom stereocenters. The van der Waals surface area contributed by atoms with Gasteiger partial charge in [0.05, 0.1) is 35.5 Å². The van der Waals surface area contributed by atoms with Crippen LogP contribution in [0.25, 0.3) is 22.4 Å². The Balaban J connectivity index is 1.68. The van der Waals surface area contributed by atoms with Gasteiger partial charge in [-0.25, -0.2) is 9.97 Å². The van der Waals surface area contributed by atoms with E-state index in [2.05, 4.69) is 24.9 Å². The number of hydrogen-bond donors (Lipinski definition) is 0. The molecular formula is C17H15N5O2. The maximum atomic E-state index is 10.9. The zero-order valence-corrected chi connectivity index (χ0v) is 13.1. The van der Waals surface area contributed by atoms with Crippen molar-refractivity contribution in [3.8, 4) is 11.4 Å². The van der Waals surface area contributed by atoms with E-state index in [-0.39, 0.29) is 12.6 Å². The molecule has 0 radical (unpaired) electrons. The number of nitrogens with zero attached hydrogens (tertiary/aromatic N) is 5. The topological polar surface area (TPSA) is 90.8 Å². The first kappa shape index (κ1) is 14.6. The fourth-order valence-corrected chi connectivity index (χ4v) is 2.42. The van der Waals surface area contributed by atoms with Crippen LogP contribution in [0.2, 0.25) is 0 Å². The van der Waals surface area contributed by atoms with Gasteiger partial charge in [0, 0.05) is 19.0 Å². The van der Waals surface area contributed by atoms with Crippen molar-refractivity contribution in [3.63, 3.8) is 0 Å². The van der Waals surface area contributed by atoms with Gasteiger partial charge in [0.2, 0.25) is 0 Å². The van der Waals surface area contributed by atoms with Gasteiger partial charge in [-0.15, -0.1) is 0 Å². The second-order valence-electron chi connectivity index (χ2n) is 5.80. The summed E-state index contributed by atoms with van der Waals surface area (Å²) in [4.78, 5) is 33.0. The molecule has 1 fully saturated rings. The molecule has 1 aliphatic carbocycles. The summed E-state index contributed by atoms with van der Waals surface area (Å²) in [6, 6.07) is 1.77. The van der Waals surface area contributed by atoms with Crippen LogP contribution in [0.15, 0.2) is 30.9 Å². The molecule has 0 unspecified atom stereocenters. The second kappa shape index (κ2) is 5.92.